The van der Waals surface area contributed by atoms with Crippen LogP contribution in [0, 0.1) is 0 Å². The monoisotopic (exact) mass is 494 g/mol. The van der Waals surface area contributed by atoms with Crippen molar-refractivity contribution in [3.8, 4) is 5.82 Å². The molecule has 4 rings (SSSR count). The minimum Gasteiger partial charge on any atom is -0.245 e. The SMILES string of the molecule is O=S(=O)(Nc1nnn(-c2ncc(C(F)(F)F)c(Cc3ccccc3)c2Cl)n1)c1ccccc1. The van der Waals surface area contributed by atoms with Gasteiger partial charge in [-0.2, -0.15) is 13.2 Å². The first-order chi connectivity index (χ1) is 15.6. The molecule has 170 valence electrons. The number of nitrogens with zero attached hydrogens (tertiary/aromatic N) is 5. The Kier molecular flexibility index (Phi) is 6.04. The third-order valence-corrected chi connectivity index (χ3v) is 6.25. The number of pyridine rings is 1. The fourth-order valence-corrected chi connectivity index (χ4v) is 4.24. The van der Waals surface area contributed by atoms with Crippen molar-refractivity contribution in [2.75, 3.05) is 4.72 Å². The smallest absolute Gasteiger partial charge is 0.245 e. The summed E-state index contributed by atoms with van der Waals surface area (Å²) in [6, 6.07) is 15.9. The minimum atomic E-state index is -4.69. The van der Waals surface area contributed by atoms with Crippen molar-refractivity contribution < 1.29 is 21.6 Å². The number of rotatable bonds is 6. The second-order valence-electron chi connectivity index (χ2n) is 6.77. The molecule has 0 aliphatic carbocycles. The summed E-state index contributed by atoms with van der Waals surface area (Å²) in [5.74, 6) is -0.630. The van der Waals surface area contributed by atoms with Crippen molar-refractivity contribution in [1.29, 1.82) is 0 Å². The highest BCUT2D eigenvalue weighted by Crippen LogP contribution is 2.37. The average molecular weight is 495 g/mol. The van der Waals surface area contributed by atoms with E-state index in [-0.39, 0.29) is 27.7 Å². The number of nitrogens with one attached hydrogen (secondary N) is 1. The Bertz CT molecular complexity index is 1380. The standard InChI is InChI=1S/C20H14ClF3N6O2S/c21-17-15(11-13-7-3-1-4-8-13)16(20(22,23)24)12-25-18(17)30-27-19(26-29-30)28-33(31,32)14-9-5-2-6-10-14/h1-10,12H,11H2,(H,27,28). The van der Waals surface area contributed by atoms with Gasteiger partial charge in [-0.3, -0.25) is 0 Å². The second-order valence-corrected chi connectivity index (χ2v) is 8.83. The van der Waals surface area contributed by atoms with Gasteiger partial charge in [-0.05, 0) is 34.9 Å². The Hall–Kier alpha value is -3.51. The van der Waals surface area contributed by atoms with Crippen LogP contribution in [0.5, 0.6) is 0 Å². The Morgan fingerprint density at radius 1 is 1.00 bits per heavy atom. The van der Waals surface area contributed by atoms with E-state index in [1.54, 1.807) is 48.5 Å². The van der Waals surface area contributed by atoms with Crippen molar-refractivity contribution in [2.45, 2.75) is 17.5 Å². The molecule has 0 fully saturated rings. The van der Waals surface area contributed by atoms with Crippen LogP contribution in [0.4, 0.5) is 19.1 Å². The number of tetrazole rings is 1. The highest BCUT2D eigenvalue weighted by molar-refractivity contribution is 7.92. The van der Waals surface area contributed by atoms with Crippen molar-refractivity contribution in [1.82, 2.24) is 25.2 Å². The maximum Gasteiger partial charge on any atom is 0.418 e. The second kappa shape index (κ2) is 8.79. The number of hydrogen-bond acceptors (Lipinski definition) is 6. The zero-order chi connectivity index (χ0) is 23.6. The molecule has 0 radical (unpaired) electrons. The van der Waals surface area contributed by atoms with Gasteiger partial charge in [0, 0.05) is 6.20 Å². The first-order valence-electron chi connectivity index (χ1n) is 9.32. The number of alkyl halides is 3. The van der Waals surface area contributed by atoms with Gasteiger partial charge in [-0.25, -0.2) is 18.1 Å². The van der Waals surface area contributed by atoms with Crippen molar-refractivity contribution >= 4 is 27.6 Å². The molecule has 2 heterocycles. The van der Waals surface area contributed by atoms with E-state index in [4.69, 9.17) is 11.6 Å². The number of aromatic nitrogens is 5. The van der Waals surface area contributed by atoms with Crippen LogP contribution in [0.1, 0.15) is 16.7 Å². The summed E-state index contributed by atoms with van der Waals surface area (Å²) in [6.45, 7) is 0. The topological polar surface area (TPSA) is 103 Å². The molecule has 8 nitrogen and oxygen atoms in total. The van der Waals surface area contributed by atoms with Gasteiger partial charge in [0.25, 0.3) is 16.0 Å². The summed E-state index contributed by atoms with van der Waals surface area (Å²) in [7, 11) is -4.00. The molecule has 0 saturated heterocycles. The quantitative estimate of drug-likeness (QED) is 0.432. The van der Waals surface area contributed by atoms with Crippen LogP contribution < -0.4 is 4.72 Å². The van der Waals surface area contributed by atoms with Gasteiger partial charge >= 0.3 is 6.18 Å². The first kappa shape index (κ1) is 22.7. The number of benzene rings is 2. The molecule has 1 N–H and O–H groups in total. The molecule has 0 amide bonds. The summed E-state index contributed by atoms with van der Waals surface area (Å²) in [4.78, 5) is 4.49. The fourth-order valence-electron chi connectivity index (χ4n) is 2.99. The lowest BCUT2D eigenvalue weighted by Gasteiger charge is -2.15. The molecule has 0 saturated carbocycles. The van der Waals surface area contributed by atoms with E-state index < -0.39 is 27.7 Å². The predicted octanol–water partition coefficient (Wildman–Crippen LogP) is 4.12. The predicted molar refractivity (Wildman–Crippen MR) is 113 cm³/mol. The molecular weight excluding hydrogens is 481 g/mol. The van der Waals surface area contributed by atoms with Gasteiger partial charge in [-0.15, -0.1) is 9.90 Å². The molecule has 4 aromatic rings. The van der Waals surface area contributed by atoms with E-state index in [1.165, 1.54) is 12.1 Å². The van der Waals surface area contributed by atoms with Gasteiger partial charge in [-0.1, -0.05) is 65.2 Å². The number of sulfonamides is 1. The zero-order valence-corrected chi connectivity index (χ0v) is 18.1. The zero-order valence-electron chi connectivity index (χ0n) is 16.5. The Morgan fingerprint density at radius 3 is 2.27 bits per heavy atom. The molecule has 33 heavy (non-hydrogen) atoms. The Balaban J connectivity index is 1.70. The van der Waals surface area contributed by atoms with Crippen LogP contribution in [0.15, 0.2) is 71.8 Å². The van der Waals surface area contributed by atoms with E-state index in [1.807, 2.05) is 0 Å². The molecule has 0 aliphatic heterocycles. The molecule has 0 atom stereocenters. The molecule has 2 aromatic heterocycles. The van der Waals surface area contributed by atoms with Crippen molar-refractivity contribution in [3.63, 3.8) is 0 Å². The van der Waals surface area contributed by atoms with E-state index in [2.05, 4.69) is 25.1 Å². The summed E-state index contributed by atoms with van der Waals surface area (Å²) in [5.41, 5.74) is -0.612. The number of anilines is 1. The van der Waals surface area contributed by atoms with Gasteiger partial charge in [0.05, 0.1) is 15.5 Å². The summed E-state index contributed by atoms with van der Waals surface area (Å²) in [6.07, 6.45) is -4.17. The van der Waals surface area contributed by atoms with Crippen molar-refractivity contribution in [3.05, 3.63) is 88.6 Å². The summed E-state index contributed by atoms with van der Waals surface area (Å²) in [5, 5.41) is 10.8. The van der Waals surface area contributed by atoms with E-state index in [0.29, 0.717) is 11.8 Å². The summed E-state index contributed by atoms with van der Waals surface area (Å²) >= 11 is 6.31. The molecule has 13 heteroatoms. The Morgan fingerprint density at radius 2 is 1.64 bits per heavy atom. The molecule has 0 bridgehead atoms. The van der Waals surface area contributed by atoms with Crippen LogP contribution in [0.2, 0.25) is 5.02 Å². The highest BCUT2D eigenvalue weighted by Gasteiger charge is 2.36. The molecule has 0 unspecified atom stereocenters. The van der Waals surface area contributed by atoms with Gasteiger partial charge in [0.1, 0.15) is 0 Å². The Labute approximate surface area is 191 Å². The maximum absolute atomic E-state index is 13.6. The van der Waals surface area contributed by atoms with Crippen LogP contribution in [-0.4, -0.2) is 33.6 Å². The molecule has 0 aliphatic rings. The summed E-state index contributed by atoms with van der Waals surface area (Å²) < 4.78 is 67.8. The van der Waals surface area contributed by atoms with Gasteiger partial charge in [0.2, 0.25) is 0 Å². The van der Waals surface area contributed by atoms with E-state index in [9.17, 15) is 21.6 Å². The lowest BCUT2D eigenvalue weighted by molar-refractivity contribution is -0.138. The fraction of sp³-hybridized carbons (Fsp3) is 0.100. The van der Waals surface area contributed by atoms with Crippen LogP contribution in [0.25, 0.3) is 5.82 Å². The highest BCUT2D eigenvalue weighted by atomic mass is 35.5. The number of halogens is 4. The first-order valence-corrected chi connectivity index (χ1v) is 11.2. The lowest BCUT2D eigenvalue weighted by atomic mass is 10.0. The largest absolute Gasteiger partial charge is 0.418 e. The van der Waals surface area contributed by atoms with Crippen LogP contribution in [-0.2, 0) is 22.6 Å². The molecule has 0 spiro atoms. The van der Waals surface area contributed by atoms with Crippen molar-refractivity contribution in [2.24, 2.45) is 0 Å². The normalized spacial score (nSPS) is 12.0. The maximum atomic E-state index is 13.6. The third kappa shape index (κ3) is 4.96. The lowest BCUT2D eigenvalue weighted by Crippen LogP contribution is -2.15. The van der Waals surface area contributed by atoms with Gasteiger partial charge in [0.15, 0.2) is 5.82 Å². The third-order valence-electron chi connectivity index (χ3n) is 4.51. The molecular formula is C20H14ClF3N6O2S. The molecule has 2 aromatic carbocycles. The van der Waals surface area contributed by atoms with Gasteiger partial charge < -0.3 is 0 Å². The van der Waals surface area contributed by atoms with Crippen LogP contribution >= 0.6 is 11.6 Å². The average Bonchev–Trinajstić information content (AvgIpc) is 3.23. The van der Waals surface area contributed by atoms with E-state index >= 15 is 0 Å². The minimum absolute atomic E-state index is 0.0304. The van der Waals surface area contributed by atoms with Crippen LogP contribution in [0.3, 0.4) is 0 Å². The number of hydrogen-bond donors (Lipinski definition) is 1. The van der Waals surface area contributed by atoms with E-state index in [0.717, 1.165) is 4.80 Å².